The van der Waals surface area contributed by atoms with Crippen LogP contribution in [0.5, 0.6) is 0 Å². The Morgan fingerprint density at radius 2 is 1.47 bits per heavy atom. The van der Waals surface area contributed by atoms with E-state index in [1.165, 1.54) is 43.7 Å². The standard InChI is InChI=1S/C43H39GeN2.C11H7FN.Ir/c1-27-26-45-37(25-34(27)30-21-20-29(24-35(30)43(2,3)4)28-14-9-8-10-15-28)31-17-13-19-39-40(31)33-22-23-36(44(5,6)7)41-32-16-11-12-18-38(32)46(39)42(33)41;12-10-6-4-9(5-7-10)11-3-1-2-8-13-11;/h8-16,18-26H,1-7H3;1-4,6-8H;/q2*-1;/i1D3;;. The summed E-state index contributed by atoms with van der Waals surface area (Å²) >= 11 is -2.25. The minimum Gasteiger partial charge on any atom is -0.0561 e. The summed E-state index contributed by atoms with van der Waals surface area (Å²) in [6.45, 7) is 4.22. The molecule has 3 nitrogen and oxygen atoms in total. The van der Waals surface area contributed by atoms with Crippen LogP contribution in [0.15, 0.2) is 152 Å². The quantitative estimate of drug-likeness (QED) is 0.127. The van der Waals surface area contributed by atoms with E-state index < -0.39 is 20.1 Å². The number of halogens is 1. The second-order valence-corrected chi connectivity index (χ2v) is 27.8. The van der Waals surface area contributed by atoms with Gasteiger partial charge in [-0.2, -0.15) is 0 Å². The fraction of sp³-hybridized carbons (Fsp3) is 0.148. The topological polar surface area (TPSA) is 30.2 Å². The zero-order valence-electron chi connectivity index (χ0n) is 37.5. The second kappa shape index (κ2) is 16.2. The van der Waals surface area contributed by atoms with Crippen LogP contribution < -0.4 is 4.40 Å². The van der Waals surface area contributed by atoms with Crippen molar-refractivity contribution in [3.8, 4) is 44.8 Å². The van der Waals surface area contributed by atoms with Gasteiger partial charge in [0.05, 0.1) is 0 Å². The van der Waals surface area contributed by atoms with E-state index in [1.54, 1.807) is 18.5 Å². The van der Waals surface area contributed by atoms with E-state index in [-0.39, 0.29) is 36.9 Å². The molecule has 0 saturated carbocycles. The molecule has 0 amide bonds. The van der Waals surface area contributed by atoms with Gasteiger partial charge < -0.3 is 4.98 Å². The van der Waals surface area contributed by atoms with Gasteiger partial charge in [-0.05, 0) is 22.9 Å². The number of benzene rings is 6. The van der Waals surface area contributed by atoms with Crippen molar-refractivity contribution < 1.29 is 28.6 Å². The predicted molar refractivity (Wildman–Crippen MR) is 249 cm³/mol. The summed E-state index contributed by atoms with van der Waals surface area (Å²) in [6.07, 6.45) is 3.27. The molecule has 4 aromatic heterocycles. The molecular weight excluding hydrogens is 974 g/mol. The van der Waals surface area contributed by atoms with Crippen molar-refractivity contribution in [1.82, 2.24) is 14.4 Å². The first kappa shape index (κ1) is 37.5. The number of para-hydroxylation sites is 1. The number of aryl methyl sites for hydroxylation is 1. The van der Waals surface area contributed by atoms with Crippen LogP contribution in [-0.2, 0) is 25.5 Å². The zero-order valence-corrected chi connectivity index (χ0v) is 39.0. The van der Waals surface area contributed by atoms with Gasteiger partial charge in [-0.3, -0.25) is 4.39 Å². The molecule has 0 spiro atoms. The van der Waals surface area contributed by atoms with E-state index in [0.29, 0.717) is 11.3 Å². The molecule has 10 rings (SSSR count). The summed E-state index contributed by atoms with van der Waals surface area (Å²) in [5.41, 5.74) is 11.7. The molecule has 0 aliphatic rings. The number of hydrogen-bond acceptors (Lipinski definition) is 2. The van der Waals surface area contributed by atoms with Gasteiger partial charge in [0, 0.05) is 32.1 Å². The van der Waals surface area contributed by atoms with Gasteiger partial charge in [-0.1, -0.05) is 63.2 Å². The zero-order chi connectivity index (χ0) is 43.6. The fourth-order valence-electron chi connectivity index (χ4n) is 8.43. The maximum atomic E-state index is 12.6. The Morgan fingerprint density at radius 1 is 0.683 bits per heavy atom. The third kappa shape index (κ3) is 7.49. The predicted octanol–water partition coefficient (Wildman–Crippen LogP) is 13.9. The summed E-state index contributed by atoms with van der Waals surface area (Å²) in [7, 11) is 0. The molecule has 299 valence electrons. The maximum absolute atomic E-state index is 12.6. The van der Waals surface area contributed by atoms with Crippen molar-refractivity contribution in [3.05, 3.63) is 181 Å². The first-order chi connectivity index (χ1) is 29.6. The van der Waals surface area contributed by atoms with Crippen LogP contribution in [-0.4, -0.2) is 27.6 Å². The smallest absolute Gasteiger partial charge is 0.0561 e. The monoisotopic (exact) mass is 1030 g/mol. The minimum absolute atomic E-state index is 0. The van der Waals surface area contributed by atoms with Crippen LogP contribution in [0.4, 0.5) is 4.39 Å². The molecule has 0 saturated heterocycles. The summed E-state index contributed by atoms with van der Waals surface area (Å²) in [5.74, 6) is 7.10. The third-order valence-corrected chi connectivity index (χ3v) is 15.5. The number of nitrogens with zero attached hydrogens (tertiary/aromatic N) is 3. The SMILES string of the molecule is Fc1c[c-]c(-c2ccccn2)cc1.[2H]C([2H])([2H])c1cnc(-c2[c-]ccc3c2c2cc[c]([Ge]([CH3])([CH3])[CH3])c4c5ccccc5n3c24)cc1-c1ccc(-c2ccccc2)cc1C(C)(C)C.[Ir]. The van der Waals surface area contributed by atoms with E-state index in [9.17, 15) is 4.39 Å². The van der Waals surface area contributed by atoms with E-state index in [4.69, 9.17) is 9.10 Å². The summed E-state index contributed by atoms with van der Waals surface area (Å²) < 4.78 is 42.1. The molecule has 0 unspecified atom stereocenters. The first-order valence-electron chi connectivity index (χ1n) is 21.5. The molecule has 0 bridgehead atoms. The molecule has 4 heterocycles. The van der Waals surface area contributed by atoms with Crippen LogP contribution in [0.2, 0.25) is 17.3 Å². The molecule has 0 N–H and O–H groups in total. The van der Waals surface area contributed by atoms with E-state index >= 15 is 0 Å². The number of fused-ring (bicyclic) bond motifs is 6. The molecule has 0 fully saturated rings. The molecule has 10 aromatic rings. The third-order valence-electron chi connectivity index (χ3n) is 11.2. The van der Waals surface area contributed by atoms with Crippen LogP contribution in [0.3, 0.4) is 0 Å². The van der Waals surface area contributed by atoms with Crippen molar-refractivity contribution >= 4 is 55.8 Å². The van der Waals surface area contributed by atoms with Crippen LogP contribution in [0, 0.1) is 24.8 Å². The molecule has 0 atom stereocenters. The first-order valence-corrected chi connectivity index (χ1v) is 27.4. The minimum atomic E-state index is -2.34. The Labute approximate surface area is 372 Å². The van der Waals surface area contributed by atoms with E-state index in [1.807, 2.05) is 48.5 Å². The van der Waals surface area contributed by atoms with Crippen molar-refractivity contribution in [3.63, 3.8) is 0 Å². The molecule has 0 aliphatic heterocycles. The average Bonchev–Trinajstić information content (AvgIpc) is 3.79. The van der Waals surface area contributed by atoms with Crippen LogP contribution in [0.1, 0.15) is 36.0 Å². The summed E-state index contributed by atoms with van der Waals surface area (Å²) in [6, 6.07) is 52.6. The van der Waals surface area contributed by atoms with E-state index in [0.717, 1.165) is 50.0 Å². The van der Waals surface area contributed by atoms with Crippen molar-refractivity contribution in [1.29, 1.82) is 0 Å². The molecule has 1 radical (unpaired) electrons. The Balaban J connectivity index is 0.000000333. The Hall–Kier alpha value is -5.46. The van der Waals surface area contributed by atoms with Gasteiger partial charge in [-0.15, -0.1) is 29.8 Å². The number of pyridine rings is 2. The normalized spacial score (nSPS) is 12.8. The van der Waals surface area contributed by atoms with Crippen molar-refractivity contribution in [2.45, 2.75) is 50.3 Å². The van der Waals surface area contributed by atoms with Gasteiger partial charge in [0.1, 0.15) is 0 Å². The van der Waals surface area contributed by atoms with Crippen LogP contribution >= 0.6 is 0 Å². The van der Waals surface area contributed by atoms with Gasteiger partial charge in [-0.25, -0.2) is 0 Å². The van der Waals surface area contributed by atoms with Gasteiger partial charge in [0.2, 0.25) is 0 Å². The summed E-state index contributed by atoms with van der Waals surface area (Å²) in [5, 5.41) is 4.93. The fourth-order valence-corrected chi connectivity index (χ4v) is 11.8. The molecule has 60 heavy (non-hydrogen) atoms. The van der Waals surface area contributed by atoms with Crippen molar-refractivity contribution in [2.75, 3.05) is 0 Å². The molecule has 0 aliphatic carbocycles. The van der Waals surface area contributed by atoms with Gasteiger partial charge in [0.25, 0.3) is 0 Å². The second-order valence-electron chi connectivity index (χ2n) is 17.2. The van der Waals surface area contributed by atoms with Crippen LogP contribution in [0.25, 0.3) is 82.9 Å². The number of hydrogen-bond donors (Lipinski definition) is 0. The number of aromatic nitrogens is 3. The number of rotatable bonds is 5. The van der Waals surface area contributed by atoms with Gasteiger partial charge >= 0.3 is 217 Å². The molecular formula is C54H46FGeIrN3-2. The average molecular weight is 1020 g/mol. The Kier molecular flexibility index (Phi) is 10.1. The molecule has 6 heteroatoms. The Bertz CT molecular complexity index is 3240. The van der Waals surface area contributed by atoms with Crippen molar-refractivity contribution in [2.24, 2.45) is 0 Å². The van der Waals surface area contributed by atoms with E-state index in [2.05, 4.69) is 132 Å². The summed E-state index contributed by atoms with van der Waals surface area (Å²) in [4.78, 5) is 9.00. The Morgan fingerprint density at radius 3 is 2.18 bits per heavy atom. The molecule has 6 aromatic carbocycles. The van der Waals surface area contributed by atoms with Gasteiger partial charge in [0.15, 0.2) is 0 Å².